The van der Waals surface area contributed by atoms with Crippen LogP contribution in [0.25, 0.3) is 22.2 Å². The minimum absolute atomic E-state index is 0.0861. The Kier molecular flexibility index (Phi) is 3.83. The van der Waals surface area contributed by atoms with Gasteiger partial charge in [0.05, 0.1) is 12.1 Å². The van der Waals surface area contributed by atoms with E-state index in [1.807, 2.05) is 42.5 Å². The molecular weight excluding hydrogens is 354 g/mol. The smallest absolute Gasteiger partial charge is 0.278 e. The fourth-order valence-corrected chi connectivity index (χ4v) is 3.61. The molecule has 1 N–H and O–H groups in total. The number of hydrogen-bond donors (Lipinski definition) is 1. The number of aromatic nitrogens is 2. The van der Waals surface area contributed by atoms with Gasteiger partial charge >= 0.3 is 0 Å². The van der Waals surface area contributed by atoms with Crippen molar-refractivity contribution in [2.75, 3.05) is 6.54 Å². The Morgan fingerprint density at radius 1 is 1.07 bits per heavy atom. The first-order valence-electron chi connectivity index (χ1n) is 9.14. The van der Waals surface area contributed by atoms with Crippen LogP contribution < -0.4 is 5.43 Å². The molecule has 0 radical (unpaired) electrons. The number of carbonyl (C=O) groups excluding carboxylic acids is 1. The zero-order valence-electron chi connectivity index (χ0n) is 15.0. The van der Waals surface area contributed by atoms with Crippen molar-refractivity contribution in [3.8, 4) is 11.3 Å². The van der Waals surface area contributed by atoms with Crippen molar-refractivity contribution in [2.45, 2.75) is 13.0 Å². The van der Waals surface area contributed by atoms with Gasteiger partial charge in [-0.05, 0) is 30.2 Å². The molecule has 0 bridgehead atoms. The molecule has 6 heteroatoms. The third kappa shape index (κ3) is 2.70. The molecule has 0 unspecified atom stereocenters. The van der Waals surface area contributed by atoms with E-state index >= 15 is 0 Å². The summed E-state index contributed by atoms with van der Waals surface area (Å²) in [7, 11) is 0. The van der Waals surface area contributed by atoms with Gasteiger partial charge in [0.2, 0.25) is 5.43 Å². The first-order chi connectivity index (χ1) is 13.7. The highest BCUT2D eigenvalue weighted by Crippen LogP contribution is 2.29. The van der Waals surface area contributed by atoms with E-state index < -0.39 is 0 Å². The van der Waals surface area contributed by atoms with E-state index in [9.17, 15) is 9.59 Å². The fourth-order valence-electron chi connectivity index (χ4n) is 3.61. The number of amides is 1. The SMILES string of the molecule is O=C(c1n[nH]c2ccccc2c1=O)N1CCc2cc(-c3ccccc3)oc2C1. The summed E-state index contributed by atoms with van der Waals surface area (Å²) in [6.07, 6.45) is 0.683. The maximum absolute atomic E-state index is 13.0. The van der Waals surface area contributed by atoms with Crippen LogP contribution >= 0.6 is 0 Å². The lowest BCUT2D eigenvalue weighted by Crippen LogP contribution is -2.38. The third-order valence-corrected chi connectivity index (χ3v) is 5.11. The average Bonchev–Trinajstić information content (AvgIpc) is 3.18. The molecule has 0 fully saturated rings. The van der Waals surface area contributed by atoms with Gasteiger partial charge in [-0.2, -0.15) is 5.10 Å². The summed E-state index contributed by atoms with van der Waals surface area (Å²) in [6, 6.07) is 18.9. The summed E-state index contributed by atoms with van der Waals surface area (Å²) >= 11 is 0. The average molecular weight is 371 g/mol. The van der Waals surface area contributed by atoms with Crippen molar-refractivity contribution in [3.05, 3.63) is 87.9 Å². The summed E-state index contributed by atoms with van der Waals surface area (Å²) in [4.78, 5) is 27.3. The van der Waals surface area contributed by atoms with Crippen LogP contribution in [0.4, 0.5) is 0 Å². The number of furan rings is 1. The molecule has 0 atom stereocenters. The quantitative estimate of drug-likeness (QED) is 0.586. The van der Waals surface area contributed by atoms with Crippen molar-refractivity contribution in [1.82, 2.24) is 15.1 Å². The molecule has 0 saturated carbocycles. The highest BCUT2D eigenvalue weighted by Gasteiger charge is 2.28. The predicted octanol–water partition coefficient (Wildman–Crippen LogP) is 3.38. The number of aromatic amines is 1. The monoisotopic (exact) mass is 371 g/mol. The molecule has 138 valence electrons. The number of H-pyrrole nitrogens is 1. The first kappa shape index (κ1) is 16.5. The van der Waals surface area contributed by atoms with Crippen LogP contribution in [-0.2, 0) is 13.0 Å². The lowest BCUT2D eigenvalue weighted by molar-refractivity contribution is 0.0712. The zero-order chi connectivity index (χ0) is 19.1. The Morgan fingerprint density at radius 3 is 2.71 bits per heavy atom. The molecule has 1 aliphatic heterocycles. The number of nitrogens with zero attached hydrogens (tertiary/aromatic N) is 2. The molecule has 28 heavy (non-hydrogen) atoms. The topological polar surface area (TPSA) is 79.2 Å². The van der Waals surface area contributed by atoms with Gasteiger partial charge in [-0.15, -0.1) is 0 Å². The van der Waals surface area contributed by atoms with E-state index in [0.29, 0.717) is 30.4 Å². The van der Waals surface area contributed by atoms with Crippen LogP contribution in [0.3, 0.4) is 0 Å². The Bertz CT molecular complexity index is 1240. The van der Waals surface area contributed by atoms with Gasteiger partial charge in [0.1, 0.15) is 11.5 Å². The molecule has 0 spiro atoms. The molecule has 6 nitrogen and oxygen atoms in total. The maximum Gasteiger partial charge on any atom is 0.278 e. The largest absolute Gasteiger partial charge is 0.459 e. The van der Waals surface area contributed by atoms with Gasteiger partial charge in [0, 0.05) is 17.5 Å². The van der Waals surface area contributed by atoms with E-state index in [1.165, 1.54) is 0 Å². The number of carbonyl (C=O) groups is 1. The van der Waals surface area contributed by atoms with Crippen LogP contribution in [0.1, 0.15) is 21.8 Å². The van der Waals surface area contributed by atoms with E-state index in [1.54, 1.807) is 23.1 Å². The van der Waals surface area contributed by atoms with Crippen molar-refractivity contribution in [1.29, 1.82) is 0 Å². The van der Waals surface area contributed by atoms with Crippen LogP contribution in [0.15, 0.2) is 69.9 Å². The lowest BCUT2D eigenvalue weighted by Gasteiger charge is -2.25. The number of nitrogens with one attached hydrogen (secondary N) is 1. The second-order valence-corrected chi connectivity index (χ2v) is 6.85. The lowest BCUT2D eigenvalue weighted by atomic mass is 10.1. The normalized spacial score (nSPS) is 13.5. The number of fused-ring (bicyclic) bond motifs is 2. The summed E-state index contributed by atoms with van der Waals surface area (Å²) in [5, 5.41) is 7.30. The van der Waals surface area contributed by atoms with Gasteiger partial charge in [-0.1, -0.05) is 42.5 Å². The molecule has 3 heterocycles. The second-order valence-electron chi connectivity index (χ2n) is 6.85. The van der Waals surface area contributed by atoms with Crippen molar-refractivity contribution in [2.24, 2.45) is 0 Å². The van der Waals surface area contributed by atoms with Crippen molar-refractivity contribution < 1.29 is 9.21 Å². The first-order valence-corrected chi connectivity index (χ1v) is 9.14. The highest BCUT2D eigenvalue weighted by molar-refractivity contribution is 5.95. The molecule has 2 aromatic carbocycles. The Balaban J connectivity index is 1.45. The van der Waals surface area contributed by atoms with E-state index in [0.717, 1.165) is 22.6 Å². The van der Waals surface area contributed by atoms with E-state index in [4.69, 9.17) is 4.42 Å². The number of benzene rings is 2. The number of rotatable bonds is 2. The second kappa shape index (κ2) is 6.49. The summed E-state index contributed by atoms with van der Waals surface area (Å²) < 4.78 is 6.01. The molecule has 1 amide bonds. The molecule has 2 aromatic heterocycles. The van der Waals surface area contributed by atoms with Gasteiger partial charge in [0.15, 0.2) is 5.69 Å². The van der Waals surface area contributed by atoms with E-state index in [-0.39, 0.29) is 17.0 Å². The minimum atomic E-state index is -0.379. The van der Waals surface area contributed by atoms with Gasteiger partial charge in [-0.3, -0.25) is 14.7 Å². The maximum atomic E-state index is 13.0. The predicted molar refractivity (Wildman–Crippen MR) is 105 cm³/mol. The summed E-state index contributed by atoms with van der Waals surface area (Å²) in [5.74, 6) is 1.17. The van der Waals surface area contributed by atoms with Gasteiger partial charge < -0.3 is 9.32 Å². The third-order valence-electron chi connectivity index (χ3n) is 5.11. The van der Waals surface area contributed by atoms with Gasteiger partial charge in [-0.25, -0.2) is 0 Å². The summed E-state index contributed by atoms with van der Waals surface area (Å²) in [5.41, 5.74) is 2.28. The van der Waals surface area contributed by atoms with Gasteiger partial charge in [0.25, 0.3) is 5.91 Å². The zero-order valence-corrected chi connectivity index (χ0v) is 15.0. The standard InChI is InChI=1S/C22H17N3O3/c26-21-16-8-4-5-9-17(16)23-24-20(21)22(27)25-11-10-15-12-18(28-19(15)13-25)14-6-2-1-3-7-14/h1-9,12H,10-11,13H2,(H,23,26). The molecule has 4 aromatic rings. The molecular formula is C22H17N3O3. The highest BCUT2D eigenvalue weighted by atomic mass is 16.3. The van der Waals surface area contributed by atoms with Crippen molar-refractivity contribution in [3.63, 3.8) is 0 Å². The minimum Gasteiger partial charge on any atom is -0.459 e. The Labute approximate surface area is 160 Å². The summed E-state index contributed by atoms with van der Waals surface area (Å²) in [6.45, 7) is 0.850. The van der Waals surface area contributed by atoms with E-state index in [2.05, 4.69) is 10.2 Å². The molecule has 0 aliphatic carbocycles. The van der Waals surface area contributed by atoms with Crippen LogP contribution in [0.2, 0.25) is 0 Å². The van der Waals surface area contributed by atoms with Crippen LogP contribution in [0, 0.1) is 0 Å². The number of hydrogen-bond acceptors (Lipinski definition) is 4. The van der Waals surface area contributed by atoms with Crippen molar-refractivity contribution >= 4 is 16.8 Å². The van der Waals surface area contributed by atoms with Crippen LogP contribution in [0.5, 0.6) is 0 Å². The van der Waals surface area contributed by atoms with Crippen LogP contribution in [-0.4, -0.2) is 27.5 Å². The Morgan fingerprint density at radius 2 is 1.86 bits per heavy atom. The number of para-hydroxylation sites is 1. The molecule has 0 saturated heterocycles. The molecule has 5 rings (SSSR count). The molecule has 1 aliphatic rings. The fraction of sp³-hybridized carbons (Fsp3) is 0.136. The Hall–Kier alpha value is -3.67.